The van der Waals surface area contributed by atoms with Crippen LogP contribution in [0.15, 0.2) is 66.7 Å². The van der Waals surface area contributed by atoms with Crippen molar-refractivity contribution in [1.82, 2.24) is 0 Å². The predicted molar refractivity (Wildman–Crippen MR) is 105 cm³/mol. The molecule has 0 fully saturated rings. The summed E-state index contributed by atoms with van der Waals surface area (Å²) in [5.41, 5.74) is 0.421. The topological polar surface area (TPSA) is 52.6 Å². The molecule has 3 rings (SSSR count). The number of fused-ring (bicyclic) bond motifs is 1. The molecule has 138 valence electrons. The van der Waals surface area contributed by atoms with Gasteiger partial charge in [-0.05, 0) is 30.0 Å². The molecule has 0 N–H and O–H groups in total. The van der Waals surface area contributed by atoms with Gasteiger partial charge in [0.1, 0.15) is 5.75 Å². The fraction of sp³-hybridized carbons (Fsp3) is 0.217. The largest absolute Gasteiger partial charge is 0.462 e. The quantitative estimate of drug-likeness (QED) is 0.320. The van der Waals surface area contributed by atoms with Crippen molar-refractivity contribution in [2.75, 3.05) is 6.61 Å². The zero-order valence-corrected chi connectivity index (χ0v) is 15.3. The maximum atomic E-state index is 12.7. The molecule has 0 radical (unpaired) electrons. The Labute approximate surface area is 158 Å². The lowest BCUT2D eigenvalue weighted by molar-refractivity contribution is 0.0490. The lowest BCUT2D eigenvalue weighted by atomic mass is 10.1. The van der Waals surface area contributed by atoms with E-state index >= 15 is 0 Å². The third kappa shape index (κ3) is 4.53. The van der Waals surface area contributed by atoms with Crippen LogP contribution in [0.5, 0.6) is 5.75 Å². The normalized spacial score (nSPS) is 10.6. The maximum Gasteiger partial charge on any atom is 0.344 e. The number of hydrogen-bond donors (Lipinski definition) is 0. The third-order valence-corrected chi connectivity index (χ3v) is 4.30. The van der Waals surface area contributed by atoms with Crippen molar-refractivity contribution in [2.24, 2.45) is 0 Å². The predicted octanol–water partition coefficient (Wildman–Crippen LogP) is 5.41. The summed E-state index contributed by atoms with van der Waals surface area (Å²) in [6.45, 7) is 2.43. The molecule has 27 heavy (non-hydrogen) atoms. The molecule has 0 saturated carbocycles. The molecule has 0 bridgehead atoms. The van der Waals surface area contributed by atoms with E-state index in [4.69, 9.17) is 9.47 Å². The van der Waals surface area contributed by atoms with E-state index in [2.05, 4.69) is 6.92 Å². The number of ether oxygens (including phenoxy) is 2. The summed E-state index contributed by atoms with van der Waals surface area (Å²) in [4.78, 5) is 25.1. The van der Waals surface area contributed by atoms with Crippen molar-refractivity contribution in [2.45, 2.75) is 26.2 Å². The molecule has 4 nitrogen and oxygen atoms in total. The minimum absolute atomic E-state index is 0.200. The van der Waals surface area contributed by atoms with Crippen LogP contribution in [-0.4, -0.2) is 18.5 Å². The van der Waals surface area contributed by atoms with Crippen molar-refractivity contribution >= 4 is 22.7 Å². The molecule has 0 heterocycles. The molecule has 0 unspecified atom stereocenters. The first-order chi connectivity index (χ1) is 13.2. The second kappa shape index (κ2) is 8.99. The van der Waals surface area contributed by atoms with Gasteiger partial charge in [0.05, 0.1) is 17.7 Å². The Bertz CT molecular complexity index is 941. The van der Waals surface area contributed by atoms with Crippen molar-refractivity contribution in [3.8, 4) is 5.75 Å². The van der Waals surface area contributed by atoms with Crippen LogP contribution in [0.25, 0.3) is 10.8 Å². The van der Waals surface area contributed by atoms with E-state index in [1.807, 2.05) is 36.4 Å². The smallest absolute Gasteiger partial charge is 0.344 e. The van der Waals surface area contributed by atoms with Gasteiger partial charge in [0.25, 0.3) is 0 Å². The Balaban J connectivity index is 1.80. The summed E-state index contributed by atoms with van der Waals surface area (Å²) in [6.07, 6.45) is 2.86. The summed E-state index contributed by atoms with van der Waals surface area (Å²) in [5, 5.41) is 1.82. The first-order valence-electron chi connectivity index (χ1n) is 9.17. The Kier molecular flexibility index (Phi) is 6.21. The molecule has 0 aliphatic rings. The summed E-state index contributed by atoms with van der Waals surface area (Å²) in [7, 11) is 0. The van der Waals surface area contributed by atoms with E-state index in [-0.39, 0.29) is 11.1 Å². The van der Waals surface area contributed by atoms with Crippen molar-refractivity contribution in [1.29, 1.82) is 0 Å². The average Bonchev–Trinajstić information content (AvgIpc) is 2.71. The highest BCUT2D eigenvalue weighted by molar-refractivity contribution is 6.04. The van der Waals surface area contributed by atoms with Crippen LogP contribution in [-0.2, 0) is 4.74 Å². The Morgan fingerprint density at radius 1 is 0.778 bits per heavy atom. The monoisotopic (exact) mass is 362 g/mol. The molecular weight excluding hydrogens is 340 g/mol. The molecule has 0 amide bonds. The zero-order chi connectivity index (χ0) is 19.1. The Morgan fingerprint density at radius 2 is 1.44 bits per heavy atom. The highest BCUT2D eigenvalue weighted by Gasteiger charge is 2.20. The van der Waals surface area contributed by atoms with E-state index in [1.165, 1.54) is 0 Å². The van der Waals surface area contributed by atoms with Crippen molar-refractivity contribution < 1.29 is 19.1 Å². The molecule has 0 atom stereocenters. The average molecular weight is 362 g/mol. The number of carbonyl (C=O) groups is 2. The lowest BCUT2D eigenvalue weighted by Crippen LogP contribution is -2.16. The van der Waals surface area contributed by atoms with Crippen molar-refractivity contribution in [3.05, 3.63) is 77.9 Å². The summed E-state index contributed by atoms with van der Waals surface area (Å²) in [5.74, 6) is -0.617. The van der Waals surface area contributed by atoms with Gasteiger partial charge in [-0.25, -0.2) is 9.59 Å². The highest BCUT2D eigenvalue weighted by Crippen LogP contribution is 2.26. The second-order valence-electron chi connectivity index (χ2n) is 6.26. The fourth-order valence-electron chi connectivity index (χ4n) is 2.87. The summed E-state index contributed by atoms with van der Waals surface area (Å²) < 4.78 is 10.9. The summed E-state index contributed by atoms with van der Waals surface area (Å²) in [6, 6.07) is 19.8. The second-order valence-corrected chi connectivity index (χ2v) is 6.26. The Morgan fingerprint density at radius 3 is 2.22 bits per heavy atom. The van der Waals surface area contributed by atoms with Gasteiger partial charge in [0, 0.05) is 5.39 Å². The van der Waals surface area contributed by atoms with Gasteiger partial charge < -0.3 is 9.47 Å². The lowest BCUT2D eigenvalue weighted by Gasteiger charge is -2.11. The minimum atomic E-state index is -0.576. The zero-order valence-electron chi connectivity index (χ0n) is 15.3. The molecule has 4 heteroatoms. The molecule has 0 saturated heterocycles. The number of hydrogen-bond acceptors (Lipinski definition) is 4. The van der Waals surface area contributed by atoms with Crippen LogP contribution in [0.3, 0.4) is 0 Å². The molecule has 3 aromatic rings. The van der Waals surface area contributed by atoms with Crippen molar-refractivity contribution in [3.63, 3.8) is 0 Å². The van der Waals surface area contributed by atoms with Gasteiger partial charge in [-0.3, -0.25) is 0 Å². The van der Waals surface area contributed by atoms with Gasteiger partial charge >= 0.3 is 11.9 Å². The van der Waals surface area contributed by atoms with Crippen LogP contribution in [0.4, 0.5) is 0 Å². The molecule has 0 spiro atoms. The highest BCUT2D eigenvalue weighted by atomic mass is 16.5. The van der Waals surface area contributed by atoms with E-state index in [1.54, 1.807) is 30.3 Å². The number of unbranched alkanes of at least 4 members (excludes halogenated alkanes) is 2. The van der Waals surface area contributed by atoms with Crippen LogP contribution >= 0.6 is 0 Å². The molecule has 0 aliphatic carbocycles. The standard InChI is InChI=1S/C23H22O4/c1-2-3-8-16-26-22(24)19-13-6-7-14-20(19)23(25)27-21-15-9-11-17-10-4-5-12-18(17)21/h4-7,9-15H,2-3,8,16H2,1H3. The molecule has 3 aromatic carbocycles. The van der Waals surface area contributed by atoms with Crippen LogP contribution in [0.2, 0.25) is 0 Å². The fourth-order valence-corrected chi connectivity index (χ4v) is 2.87. The number of rotatable bonds is 7. The molecular formula is C23H22O4. The van der Waals surface area contributed by atoms with Gasteiger partial charge in [0.15, 0.2) is 0 Å². The maximum absolute atomic E-state index is 12.7. The van der Waals surface area contributed by atoms with Gasteiger partial charge in [-0.2, -0.15) is 0 Å². The van der Waals surface area contributed by atoms with Crippen LogP contribution in [0, 0.1) is 0 Å². The first-order valence-corrected chi connectivity index (χ1v) is 9.17. The number of benzene rings is 3. The minimum Gasteiger partial charge on any atom is -0.462 e. The van der Waals surface area contributed by atoms with E-state index in [9.17, 15) is 9.59 Å². The van der Waals surface area contributed by atoms with E-state index in [0.717, 1.165) is 30.0 Å². The van der Waals surface area contributed by atoms with Gasteiger partial charge in [-0.1, -0.05) is 68.3 Å². The summed E-state index contributed by atoms with van der Waals surface area (Å²) >= 11 is 0. The molecule has 0 aromatic heterocycles. The third-order valence-electron chi connectivity index (χ3n) is 4.30. The number of esters is 2. The number of carbonyl (C=O) groups excluding carboxylic acids is 2. The SMILES string of the molecule is CCCCCOC(=O)c1ccccc1C(=O)Oc1cccc2ccccc12. The van der Waals surface area contributed by atoms with Gasteiger partial charge in [-0.15, -0.1) is 0 Å². The Hall–Kier alpha value is -3.14. The first kappa shape index (κ1) is 18.6. The van der Waals surface area contributed by atoms with E-state index in [0.29, 0.717) is 12.4 Å². The van der Waals surface area contributed by atoms with Crippen LogP contribution < -0.4 is 4.74 Å². The van der Waals surface area contributed by atoms with E-state index < -0.39 is 11.9 Å². The molecule has 0 aliphatic heterocycles. The van der Waals surface area contributed by atoms with Crippen LogP contribution in [0.1, 0.15) is 46.9 Å². The van der Waals surface area contributed by atoms with Gasteiger partial charge in [0.2, 0.25) is 0 Å².